The number of hydrogen-bond donors (Lipinski definition) is 7. The van der Waals surface area contributed by atoms with Crippen LogP contribution in [0.5, 0.6) is 0 Å². The molecule has 442 valence electrons. The van der Waals surface area contributed by atoms with Crippen molar-refractivity contribution in [2.45, 2.75) is 142 Å². The predicted octanol–water partition coefficient (Wildman–Crippen LogP) is 7.75. The molecule has 0 radical (unpaired) electrons. The molecule has 5 atom stereocenters. The summed E-state index contributed by atoms with van der Waals surface area (Å²) < 4.78 is 41.8. The monoisotopic (exact) mass is 1240 g/mol. The van der Waals surface area contributed by atoms with Crippen LogP contribution in [0.25, 0.3) is 15.7 Å². The number of likely N-dealkylation sites (tertiary alicyclic amines) is 2. The number of nitrogens with zero attached hydrogens (tertiary/aromatic N) is 4. The normalized spacial score (nSPS) is 18.4. The molecule has 3 aromatic carbocycles. The fourth-order valence-corrected chi connectivity index (χ4v) is 11.9. The van der Waals surface area contributed by atoms with Gasteiger partial charge in [-0.05, 0) is 108 Å². The Labute approximate surface area is 488 Å². The van der Waals surface area contributed by atoms with Crippen LogP contribution in [0.1, 0.15) is 126 Å². The number of rotatable bonds is 21. The summed E-state index contributed by atoms with van der Waals surface area (Å²) in [6.07, 6.45) is 3.22. The lowest BCUT2D eigenvalue weighted by Gasteiger charge is -2.36. The van der Waals surface area contributed by atoms with Crippen LogP contribution in [-0.2, 0) is 45.5 Å². The van der Waals surface area contributed by atoms with Gasteiger partial charge in [-0.1, -0.05) is 87.8 Å². The summed E-state index contributed by atoms with van der Waals surface area (Å²) in [5, 5.41) is 22.2. The Bertz CT molecular complexity index is 3170. The van der Waals surface area contributed by atoms with Gasteiger partial charge in [-0.15, -0.1) is 11.3 Å². The number of amides is 7. The first kappa shape index (κ1) is 63.4. The van der Waals surface area contributed by atoms with E-state index in [1.54, 1.807) is 65.8 Å². The third-order valence-corrected chi connectivity index (χ3v) is 17.5. The summed E-state index contributed by atoms with van der Waals surface area (Å²) in [6, 6.07) is 15.0. The van der Waals surface area contributed by atoms with Crippen LogP contribution >= 0.6 is 34.9 Å². The molecule has 7 rings (SSSR count). The van der Waals surface area contributed by atoms with E-state index in [1.165, 1.54) is 26.8 Å². The molecule has 1 aromatic heterocycles. The number of aliphatic hydroxyl groups is 1. The number of allylic oxidation sites excluding steroid dienone is 2. The first-order chi connectivity index (χ1) is 38.4. The number of anilines is 1. The summed E-state index contributed by atoms with van der Waals surface area (Å²) >= 11 is 4.37. The molecule has 0 spiro atoms. The number of hydrogen-bond acceptors (Lipinski definition) is 11. The number of nitrogens with one attached hydrogen (secondary N) is 4. The van der Waals surface area contributed by atoms with Gasteiger partial charge in [-0.3, -0.25) is 43.1 Å². The number of aliphatic hydroxyl groups excluding tert-OH is 1. The zero-order valence-corrected chi connectivity index (χ0v) is 50.3. The average Bonchev–Trinajstić information content (AvgIpc) is 4.36. The molecule has 3 aliphatic rings. The predicted molar refractivity (Wildman–Crippen MR) is 313 cm³/mol. The highest BCUT2D eigenvalue weighted by molar-refractivity contribution is 9.10. The van der Waals surface area contributed by atoms with E-state index in [0.29, 0.717) is 36.1 Å². The third kappa shape index (κ3) is 15.3. The summed E-state index contributed by atoms with van der Waals surface area (Å²) in [5.41, 5.74) is -2.51. The number of carbonyl (C=O) groups is 7. The van der Waals surface area contributed by atoms with Gasteiger partial charge in [0.05, 0.1) is 11.0 Å². The van der Waals surface area contributed by atoms with E-state index in [1.807, 2.05) is 37.4 Å². The number of thiophene rings is 1. The zero-order valence-electron chi connectivity index (χ0n) is 47.0. The van der Waals surface area contributed by atoms with E-state index in [9.17, 15) is 61.8 Å². The molecule has 2 saturated heterocycles. The van der Waals surface area contributed by atoms with Gasteiger partial charge in [0.15, 0.2) is 0 Å². The summed E-state index contributed by atoms with van der Waals surface area (Å²) in [7, 11) is -5.85. The Kier molecular flexibility index (Phi) is 20.2. The van der Waals surface area contributed by atoms with Crippen LogP contribution in [0.3, 0.4) is 0 Å². The van der Waals surface area contributed by atoms with Crippen LogP contribution < -0.4 is 26.2 Å². The number of halogens is 3. The van der Waals surface area contributed by atoms with E-state index in [4.69, 9.17) is 0 Å². The third-order valence-electron chi connectivity index (χ3n) is 14.9. The van der Waals surface area contributed by atoms with Gasteiger partial charge >= 0.3 is 13.3 Å². The SMILES string of the molecule is CC1=C(c2ccc(CNC(=O)[C@@H]3C[C@@H](O)CN3C(=O)C(NC(=O)CCCCNC(=O)CCN(C(=O)C3CCCN3C(=O)C(NC(=O)c3cc4cc(C(F)(F)P(=O)(O)O)ccc4s3)C(C)(C)C)c3ccc(Br)cc3)C(C)(C)C)cc2)CC=N1. The quantitative estimate of drug-likeness (QED) is 0.0313. The lowest BCUT2D eigenvalue weighted by molar-refractivity contribution is -0.144. The van der Waals surface area contributed by atoms with E-state index in [2.05, 4.69) is 42.2 Å². The molecule has 0 saturated carbocycles. The van der Waals surface area contributed by atoms with Crippen LogP contribution in [0.4, 0.5) is 14.5 Å². The molecular formula is C58H72BrF2N8O11PS. The minimum atomic E-state index is -5.85. The molecule has 19 nitrogen and oxygen atoms in total. The van der Waals surface area contributed by atoms with Crippen LogP contribution in [0.2, 0.25) is 0 Å². The lowest BCUT2D eigenvalue weighted by Crippen LogP contribution is -2.58. The molecule has 24 heteroatoms. The second-order valence-electron chi connectivity index (χ2n) is 23.2. The number of β-amino-alcohol motifs (C(OH)–C–C–N with tert-alkyl or cyclic N) is 1. The van der Waals surface area contributed by atoms with Gasteiger partial charge in [-0.25, -0.2) is 0 Å². The molecule has 82 heavy (non-hydrogen) atoms. The lowest BCUT2D eigenvalue weighted by atomic mass is 9.85. The largest absolute Gasteiger partial charge is 0.399 e. The number of aliphatic imine (C=N–C) groups is 1. The molecular weight excluding hydrogens is 1170 g/mol. The highest BCUT2D eigenvalue weighted by atomic mass is 79.9. The second-order valence-corrected chi connectivity index (χ2v) is 26.8. The molecule has 7 amide bonds. The van der Waals surface area contributed by atoms with Crippen molar-refractivity contribution in [2.24, 2.45) is 15.8 Å². The topological polar surface area (TPSA) is 267 Å². The van der Waals surface area contributed by atoms with Crippen LogP contribution in [0.15, 0.2) is 88.0 Å². The first-order valence-corrected chi connectivity index (χ1v) is 30.5. The Hall–Kier alpha value is -6.23. The highest BCUT2D eigenvalue weighted by Gasteiger charge is 2.51. The molecule has 0 aliphatic carbocycles. The zero-order chi connectivity index (χ0) is 60.1. The van der Waals surface area contributed by atoms with Gasteiger partial charge in [-0.2, -0.15) is 8.78 Å². The molecule has 3 unspecified atom stereocenters. The second kappa shape index (κ2) is 26.1. The number of alkyl halides is 2. The molecule has 2 fully saturated rings. The smallest absolute Gasteiger partial charge is 0.391 e. The minimum absolute atomic E-state index is 0.0344. The van der Waals surface area contributed by atoms with Crippen LogP contribution in [0, 0.1) is 10.8 Å². The molecule has 0 bridgehead atoms. The van der Waals surface area contributed by atoms with Gasteiger partial charge in [0, 0.05) is 90.7 Å². The number of benzene rings is 3. The van der Waals surface area contributed by atoms with Gasteiger partial charge < -0.3 is 50.9 Å². The van der Waals surface area contributed by atoms with Crippen molar-refractivity contribution >= 4 is 104 Å². The maximum Gasteiger partial charge on any atom is 0.399 e. The van der Waals surface area contributed by atoms with Crippen molar-refractivity contribution in [2.75, 3.05) is 31.1 Å². The highest BCUT2D eigenvalue weighted by Crippen LogP contribution is 2.59. The van der Waals surface area contributed by atoms with Crippen molar-refractivity contribution < 1.29 is 61.8 Å². The summed E-state index contributed by atoms with van der Waals surface area (Å²) in [6.45, 7) is 13.1. The molecule has 4 heterocycles. The van der Waals surface area contributed by atoms with E-state index in [-0.39, 0.29) is 68.2 Å². The standard InChI is InChI=1S/C58H72BrF2N8O11PS/c1-34-42(23-26-62-34)36-15-13-35(14-16-36)32-64-51(73)44-31-41(70)33-69(44)55(77)49(56(2,3)4)65-48(72)12-8-9-25-63-47(71)24-28-67(40-20-18-39(59)19-21-40)53(75)43-11-10-27-68(43)54(76)50(57(5,6)7)66-52(74)46-30-37-29-38(17-22-45(37)82-46)58(60,61)81(78,79)80/h13-22,26,29-30,41,43-44,49-50,70H,8-12,23-25,27-28,31-33H2,1-7H3,(H,63,71)(H,64,73)(H,65,72)(H,66,74)(H2,78,79,80)/t41-,43?,44+,49?,50?/m1/s1. The van der Waals surface area contributed by atoms with Crippen molar-refractivity contribution in [1.29, 1.82) is 0 Å². The summed E-state index contributed by atoms with van der Waals surface area (Å²) in [5.74, 6) is -3.32. The van der Waals surface area contributed by atoms with Crippen molar-refractivity contribution in [3.8, 4) is 0 Å². The fourth-order valence-electron chi connectivity index (χ4n) is 10.2. The number of fused-ring (bicyclic) bond motifs is 1. The summed E-state index contributed by atoms with van der Waals surface area (Å²) in [4.78, 5) is 125. The molecule has 4 aromatic rings. The maximum atomic E-state index is 14.6. The van der Waals surface area contributed by atoms with Crippen molar-refractivity contribution in [3.05, 3.63) is 105 Å². The maximum absolute atomic E-state index is 14.6. The van der Waals surface area contributed by atoms with Gasteiger partial charge in [0.25, 0.3) is 5.91 Å². The Morgan fingerprint density at radius 1 is 0.829 bits per heavy atom. The molecule has 3 aliphatic heterocycles. The van der Waals surface area contributed by atoms with E-state index >= 15 is 0 Å². The Morgan fingerprint density at radius 3 is 2.12 bits per heavy atom. The Morgan fingerprint density at radius 2 is 1.49 bits per heavy atom. The minimum Gasteiger partial charge on any atom is -0.391 e. The van der Waals surface area contributed by atoms with E-state index < -0.39 is 95.4 Å². The van der Waals surface area contributed by atoms with Crippen LogP contribution in [-0.4, -0.2) is 129 Å². The molecule has 7 N–H and O–H groups in total. The van der Waals surface area contributed by atoms with Gasteiger partial charge in [0.2, 0.25) is 35.4 Å². The Balaban J connectivity index is 0.907. The van der Waals surface area contributed by atoms with E-state index in [0.717, 1.165) is 56.8 Å². The average molecular weight is 1240 g/mol. The van der Waals surface area contributed by atoms with Crippen molar-refractivity contribution in [3.63, 3.8) is 0 Å². The number of unbranched alkanes of at least 4 members (excludes halogenated alkanes) is 1. The van der Waals surface area contributed by atoms with Crippen molar-refractivity contribution in [1.82, 2.24) is 31.1 Å². The van der Waals surface area contributed by atoms with Gasteiger partial charge in [0.1, 0.15) is 24.2 Å². The fraction of sp³-hybridized carbons (Fsp3) is 0.483. The number of carbonyl (C=O) groups excluding carboxylic acids is 7. The first-order valence-electron chi connectivity index (χ1n) is 27.2.